The average molecular weight is 408 g/mol. The Morgan fingerprint density at radius 1 is 1.03 bits per heavy atom. The molecule has 0 radical (unpaired) electrons. The van der Waals surface area contributed by atoms with E-state index in [-0.39, 0.29) is 11.9 Å². The zero-order valence-electron chi connectivity index (χ0n) is 18.1. The molecule has 2 aliphatic rings. The van der Waals surface area contributed by atoms with Crippen LogP contribution in [0.1, 0.15) is 42.9 Å². The van der Waals surface area contributed by atoms with Crippen LogP contribution in [0.25, 0.3) is 0 Å². The minimum atomic E-state index is -0.295. The van der Waals surface area contributed by atoms with Crippen molar-refractivity contribution in [3.63, 3.8) is 0 Å². The first-order valence-corrected chi connectivity index (χ1v) is 11.1. The summed E-state index contributed by atoms with van der Waals surface area (Å²) in [6.07, 6.45) is 4.91. The Bertz CT molecular complexity index is 841. The molecule has 2 aromatic carbocycles. The molecule has 160 valence electrons. The van der Waals surface area contributed by atoms with Crippen LogP contribution in [0.4, 0.5) is 5.69 Å². The Balaban J connectivity index is 1.52. The lowest BCUT2D eigenvalue weighted by molar-refractivity contribution is -0.122. The van der Waals surface area contributed by atoms with Gasteiger partial charge < -0.3 is 15.0 Å². The van der Waals surface area contributed by atoms with Gasteiger partial charge in [0.15, 0.2) is 0 Å². The number of aryl methyl sites for hydroxylation is 1. The molecular weight excluding hydrogens is 374 g/mol. The number of carbonyl (C=O) groups excluding carboxylic acids is 1. The van der Waals surface area contributed by atoms with Crippen molar-refractivity contribution in [2.75, 3.05) is 38.6 Å². The highest BCUT2D eigenvalue weighted by atomic mass is 16.5. The fourth-order valence-electron chi connectivity index (χ4n) is 4.90. The van der Waals surface area contributed by atoms with Gasteiger partial charge in [-0.2, -0.15) is 0 Å². The molecule has 0 bridgehead atoms. The molecule has 4 rings (SSSR count). The largest absolute Gasteiger partial charge is 0.495 e. The standard InChI is InChI=1S/C25H33N3O2/c1-19-10-11-23(30-2)22(18-19)26-25(29)24(20-8-4-3-5-9-20)28-16-12-21(13-17-28)27-14-6-7-15-27/h3-5,8-11,18,21,24H,6-7,12-17H2,1-2H3,(H,26,29). The van der Waals surface area contributed by atoms with E-state index in [4.69, 9.17) is 4.74 Å². The number of nitrogens with one attached hydrogen (secondary N) is 1. The maximum absolute atomic E-state index is 13.5. The number of hydrogen-bond acceptors (Lipinski definition) is 4. The van der Waals surface area contributed by atoms with E-state index in [1.807, 2.05) is 43.3 Å². The van der Waals surface area contributed by atoms with Gasteiger partial charge in [0.2, 0.25) is 5.91 Å². The van der Waals surface area contributed by atoms with Gasteiger partial charge in [0.05, 0.1) is 12.8 Å². The second-order valence-electron chi connectivity index (χ2n) is 8.52. The highest BCUT2D eigenvalue weighted by Gasteiger charge is 2.33. The number of rotatable bonds is 6. The van der Waals surface area contributed by atoms with E-state index < -0.39 is 0 Å². The first kappa shape index (κ1) is 20.9. The second kappa shape index (κ2) is 9.63. The quantitative estimate of drug-likeness (QED) is 0.778. The highest BCUT2D eigenvalue weighted by Crippen LogP contribution is 2.31. The van der Waals surface area contributed by atoms with Crippen LogP contribution in [-0.4, -0.2) is 55.0 Å². The Kier molecular flexibility index (Phi) is 6.70. The number of nitrogens with zero attached hydrogens (tertiary/aromatic N) is 2. The molecule has 2 aliphatic heterocycles. The topological polar surface area (TPSA) is 44.8 Å². The van der Waals surface area contributed by atoms with Crippen LogP contribution in [0.3, 0.4) is 0 Å². The Morgan fingerprint density at radius 2 is 1.73 bits per heavy atom. The van der Waals surface area contributed by atoms with Gasteiger partial charge >= 0.3 is 0 Å². The molecule has 30 heavy (non-hydrogen) atoms. The van der Waals surface area contributed by atoms with E-state index in [1.165, 1.54) is 25.9 Å². The van der Waals surface area contributed by atoms with Crippen LogP contribution in [0, 0.1) is 6.92 Å². The number of methoxy groups -OCH3 is 1. The van der Waals surface area contributed by atoms with Gasteiger partial charge in [0, 0.05) is 19.1 Å². The summed E-state index contributed by atoms with van der Waals surface area (Å²) in [7, 11) is 1.64. The molecule has 1 N–H and O–H groups in total. The molecule has 0 aromatic heterocycles. The van der Waals surface area contributed by atoms with Gasteiger partial charge in [-0.15, -0.1) is 0 Å². The lowest BCUT2D eigenvalue weighted by atomic mass is 9.97. The number of amides is 1. The van der Waals surface area contributed by atoms with E-state index in [0.717, 1.165) is 42.7 Å². The van der Waals surface area contributed by atoms with Gasteiger partial charge in [-0.3, -0.25) is 9.69 Å². The molecule has 1 unspecified atom stereocenters. The maximum atomic E-state index is 13.5. The number of hydrogen-bond donors (Lipinski definition) is 1. The van der Waals surface area contributed by atoms with Crippen LogP contribution < -0.4 is 10.1 Å². The summed E-state index contributed by atoms with van der Waals surface area (Å²) < 4.78 is 5.47. The summed E-state index contributed by atoms with van der Waals surface area (Å²) in [5.74, 6) is 0.693. The van der Waals surface area contributed by atoms with Crippen LogP contribution in [0.15, 0.2) is 48.5 Å². The lowest BCUT2D eigenvalue weighted by Gasteiger charge is -2.40. The molecular formula is C25H33N3O2. The minimum Gasteiger partial charge on any atom is -0.495 e. The Labute approximate surface area is 180 Å². The van der Waals surface area contributed by atoms with E-state index in [9.17, 15) is 4.79 Å². The van der Waals surface area contributed by atoms with Gasteiger partial charge in [0.1, 0.15) is 11.8 Å². The first-order valence-electron chi connectivity index (χ1n) is 11.1. The molecule has 5 heteroatoms. The summed E-state index contributed by atoms with van der Waals surface area (Å²) in [6, 6.07) is 16.4. The number of likely N-dealkylation sites (tertiary alicyclic amines) is 2. The van der Waals surface area contributed by atoms with E-state index in [0.29, 0.717) is 11.8 Å². The summed E-state index contributed by atoms with van der Waals surface area (Å²) in [5.41, 5.74) is 2.87. The van der Waals surface area contributed by atoms with Gasteiger partial charge in [-0.25, -0.2) is 0 Å². The van der Waals surface area contributed by atoms with Crippen LogP contribution in [0.5, 0.6) is 5.75 Å². The van der Waals surface area contributed by atoms with Crippen LogP contribution in [0.2, 0.25) is 0 Å². The highest BCUT2D eigenvalue weighted by molar-refractivity contribution is 5.96. The monoisotopic (exact) mass is 407 g/mol. The minimum absolute atomic E-state index is 0.00437. The molecule has 2 heterocycles. The fraction of sp³-hybridized carbons (Fsp3) is 0.480. The second-order valence-corrected chi connectivity index (χ2v) is 8.52. The number of benzene rings is 2. The Morgan fingerprint density at radius 3 is 2.40 bits per heavy atom. The summed E-state index contributed by atoms with van der Waals surface area (Å²) in [6.45, 7) is 6.38. The molecule has 0 spiro atoms. The van der Waals surface area contributed by atoms with E-state index >= 15 is 0 Å². The normalized spacial score (nSPS) is 19.5. The van der Waals surface area contributed by atoms with Gasteiger partial charge in [-0.05, 0) is 69.0 Å². The molecule has 5 nitrogen and oxygen atoms in total. The van der Waals surface area contributed by atoms with Crippen molar-refractivity contribution in [3.8, 4) is 5.75 Å². The first-order chi connectivity index (χ1) is 14.7. The third-order valence-corrected chi connectivity index (χ3v) is 6.50. The zero-order valence-corrected chi connectivity index (χ0v) is 18.1. The molecule has 2 saturated heterocycles. The summed E-state index contributed by atoms with van der Waals surface area (Å²) >= 11 is 0. The lowest BCUT2D eigenvalue weighted by Crippen LogP contribution is -2.47. The predicted octanol–water partition coefficient (Wildman–Crippen LogP) is 4.24. The van der Waals surface area contributed by atoms with Gasteiger partial charge in [0.25, 0.3) is 0 Å². The molecule has 1 amide bonds. The van der Waals surface area contributed by atoms with Crippen molar-refractivity contribution in [2.24, 2.45) is 0 Å². The molecule has 1 atom stereocenters. The number of anilines is 1. The molecule has 2 fully saturated rings. The van der Waals surface area contributed by atoms with Crippen molar-refractivity contribution >= 4 is 11.6 Å². The van der Waals surface area contributed by atoms with E-state index in [1.54, 1.807) is 7.11 Å². The predicted molar refractivity (Wildman–Crippen MR) is 121 cm³/mol. The Hall–Kier alpha value is -2.37. The maximum Gasteiger partial charge on any atom is 0.246 e. The fourth-order valence-corrected chi connectivity index (χ4v) is 4.90. The van der Waals surface area contributed by atoms with Gasteiger partial charge in [-0.1, -0.05) is 36.4 Å². The van der Waals surface area contributed by atoms with Crippen LogP contribution in [-0.2, 0) is 4.79 Å². The molecule has 0 saturated carbocycles. The SMILES string of the molecule is COc1ccc(C)cc1NC(=O)C(c1ccccc1)N1CCC(N2CCCC2)CC1. The van der Waals surface area contributed by atoms with E-state index in [2.05, 4.69) is 27.2 Å². The summed E-state index contributed by atoms with van der Waals surface area (Å²) in [5, 5.41) is 3.15. The third-order valence-electron chi connectivity index (χ3n) is 6.50. The van der Waals surface area contributed by atoms with Crippen molar-refractivity contribution in [3.05, 3.63) is 59.7 Å². The van der Waals surface area contributed by atoms with Crippen molar-refractivity contribution in [1.29, 1.82) is 0 Å². The van der Waals surface area contributed by atoms with Crippen molar-refractivity contribution in [1.82, 2.24) is 9.80 Å². The zero-order chi connectivity index (χ0) is 20.9. The molecule has 0 aliphatic carbocycles. The van der Waals surface area contributed by atoms with Crippen LogP contribution >= 0.6 is 0 Å². The average Bonchev–Trinajstić information content (AvgIpc) is 3.30. The molecule has 2 aromatic rings. The third kappa shape index (κ3) is 4.68. The number of piperidine rings is 1. The number of carbonyl (C=O) groups is 1. The van der Waals surface area contributed by atoms with Crippen molar-refractivity contribution < 1.29 is 9.53 Å². The number of ether oxygens (including phenoxy) is 1. The smallest absolute Gasteiger partial charge is 0.246 e. The van der Waals surface area contributed by atoms with Crippen molar-refractivity contribution in [2.45, 2.75) is 44.7 Å². The summed E-state index contributed by atoms with van der Waals surface area (Å²) in [4.78, 5) is 18.5.